The number of carbonyl (C=O) groups is 1. The molecule has 0 radical (unpaired) electrons. The second-order valence-electron chi connectivity index (χ2n) is 7.78. The zero-order chi connectivity index (χ0) is 16.4. The molecule has 4 aliphatic heterocycles. The fourth-order valence-electron chi connectivity index (χ4n) is 4.87. The highest BCUT2D eigenvalue weighted by atomic mass is 16.1. The summed E-state index contributed by atoms with van der Waals surface area (Å²) in [6.45, 7) is 7.14. The van der Waals surface area contributed by atoms with Gasteiger partial charge in [0.1, 0.15) is 0 Å². The fourth-order valence-corrected chi connectivity index (χ4v) is 4.87. The number of amides is 1. The van der Waals surface area contributed by atoms with Crippen LogP contribution in [0, 0.1) is 11.8 Å². The number of nitrogens with zero attached hydrogens (tertiary/aromatic N) is 2. The van der Waals surface area contributed by atoms with Gasteiger partial charge in [-0.1, -0.05) is 18.2 Å². The topological polar surface area (TPSA) is 35.6 Å². The van der Waals surface area contributed by atoms with E-state index in [1.165, 1.54) is 58.4 Å². The lowest BCUT2D eigenvalue weighted by molar-refractivity contribution is -0.00904. The third-order valence-electron chi connectivity index (χ3n) is 6.24. The minimum absolute atomic E-state index is 0.0619. The van der Waals surface area contributed by atoms with Crippen LogP contribution in [0.2, 0.25) is 0 Å². The Morgan fingerprint density at radius 1 is 1.12 bits per heavy atom. The third-order valence-corrected chi connectivity index (χ3v) is 6.24. The van der Waals surface area contributed by atoms with Crippen molar-refractivity contribution in [2.45, 2.75) is 31.7 Å². The van der Waals surface area contributed by atoms with Gasteiger partial charge >= 0.3 is 0 Å². The lowest BCUT2D eigenvalue weighted by Gasteiger charge is -2.50. The van der Waals surface area contributed by atoms with E-state index in [9.17, 15) is 4.79 Å². The molecule has 1 amide bonds. The summed E-state index contributed by atoms with van der Waals surface area (Å²) in [5.41, 5.74) is 0.764. The van der Waals surface area contributed by atoms with Gasteiger partial charge in [-0.25, -0.2) is 0 Å². The van der Waals surface area contributed by atoms with Crippen LogP contribution < -0.4 is 5.32 Å². The number of piperidine rings is 3. The number of benzene rings is 1. The van der Waals surface area contributed by atoms with E-state index in [-0.39, 0.29) is 5.91 Å². The van der Waals surface area contributed by atoms with Crippen LogP contribution in [0.15, 0.2) is 30.3 Å². The van der Waals surface area contributed by atoms with E-state index < -0.39 is 0 Å². The zero-order valence-electron chi connectivity index (χ0n) is 14.5. The molecule has 4 heterocycles. The molecule has 1 aromatic carbocycles. The van der Waals surface area contributed by atoms with E-state index in [0.29, 0.717) is 6.04 Å². The number of nitrogens with one attached hydrogen (secondary N) is 1. The van der Waals surface area contributed by atoms with Crippen LogP contribution in [0.5, 0.6) is 0 Å². The first-order valence-electron chi connectivity index (χ1n) is 9.59. The van der Waals surface area contributed by atoms with Gasteiger partial charge in [-0.05, 0) is 69.3 Å². The van der Waals surface area contributed by atoms with Gasteiger partial charge in [0.05, 0.1) is 0 Å². The van der Waals surface area contributed by atoms with Gasteiger partial charge in [0.25, 0.3) is 5.91 Å². The van der Waals surface area contributed by atoms with Crippen LogP contribution in [-0.4, -0.2) is 61.0 Å². The highest BCUT2D eigenvalue weighted by Crippen LogP contribution is 2.36. The minimum atomic E-state index is 0.0619. The summed E-state index contributed by atoms with van der Waals surface area (Å²) in [5, 5.41) is 3.15. The van der Waals surface area contributed by atoms with Gasteiger partial charge in [0, 0.05) is 31.2 Å². The Bertz CT molecular complexity index is 555. The summed E-state index contributed by atoms with van der Waals surface area (Å²) in [5.74, 6) is 1.76. The van der Waals surface area contributed by atoms with Crippen molar-refractivity contribution in [1.29, 1.82) is 0 Å². The summed E-state index contributed by atoms with van der Waals surface area (Å²) in [6, 6.07) is 10.1. The molecule has 0 aliphatic carbocycles. The molecule has 1 aromatic rings. The number of rotatable bonds is 5. The molecule has 24 heavy (non-hydrogen) atoms. The second-order valence-corrected chi connectivity index (χ2v) is 7.78. The highest BCUT2D eigenvalue weighted by Gasteiger charge is 2.40. The fraction of sp³-hybridized carbons (Fsp3) is 0.650. The van der Waals surface area contributed by atoms with Gasteiger partial charge in [0.2, 0.25) is 0 Å². The van der Waals surface area contributed by atoms with Gasteiger partial charge < -0.3 is 10.2 Å². The SMILES string of the molecule is O=C(NC[C@H]1C[C@@H]2CCN1C[C@@H]2CN1CCCC1)c1ccccc1. The lowest BCUT2D eigenvalue weighted by atomic mass is 9.75. The van der Waals surface area contributed by atoms with Crippen molar-refractivity contribution >= 4 is 5.91 Å². The maximum atomic E-state index is 12.3. The Morgan fingerprint density at radius 2 is 1.92 bits per heavy atom. The van der Waals surface area contributed by atoms with Crippen LogP contribution in [0.1, 0.15) is 36.0 Å². The summed E-state index contributed by atoms with van der Waals surface area (Å²) in [6.07, 6.45) is 5.37. The summed E-state index contributed by atoms with van der Waals surface area (Å²) in [4.78, 5) is 17.5. The number of likely N-dealkylation sites (tertiary alicyclic amines) is 1. The zero-order valence-corrected chi connectivity index (χ0v) is 14.5. The van der Waals surface area contributed by atoms with Crippen molar-refractivity contribution in [2.24, 2.45) is 11.8 Å². The van der Waals surface area contributed by atoms with E-state index in [2.05, 4.69) is 15.1 Å². The van der Waals surface area contributed by atoms with Gasteiger partial charge in [-0.2, -0.15) is 0 Å². The predicted octanol–water partition coefficient (Wildman–Crippen LogP) is 2.22. The molecule has 2 bridgehead atoms. The van der Waals surface area contributed by atoms with Crippen molar-refractivity contribution in [2.75, 3.05) is 39.3 Å². The Balaban J connectivity index is 1.28. The van der Waals surface area contributed by atoms with Gasteiger partial charge in [0.15, 0.2) is 0 Å². The molecule has 4 fully saturated rings. The maximum absolute atomic E-state index is 12.3. The first kappa shape index (κ1) is 16.1. The average Bonchev–Trinajstić information content (AvgIpc) is 3.14. The summed E-state index contributed by atoms with van der Waals surface area (Å²) in [7, 11) is 0. The van der Waals surface area contributed by atoms with Crippen LogP contribution in [0.25, 0.3) is 0 Å². The smallest absolute Gasteiger partial charge is 0.251 e. The molecule has 0 spiro atoms. The van der Waals surface area contributed by atoms with Crippen molar-refractivity contribution in [3.8, 4) is 0 Å². The van der Waals surface area contributed by atoms with Gasteiger partial charge in [-0.15, -0.1) is 0 Å². The predicted molar refractivity (Wildman–Crippen MR) is 96.0 cm³/mol. The minimum Gasteiger partial charge on any atom is -0.350 e. The summed E-state index contributed by atoms with van der Waals surface area (Å²) >= 11 is 0. The van der Waals surface area contributed by atoms with E-state index >= 15 is 0 Å². The molecule has 5 rings (SSSR count). The molecule has 0 aromatic heterocycles. The first-order valence-corrected chi connectivity index (χ1v) is 9.59. The van der Waals surface area contributed by atoms with Crippen LogP contribution in [0.3, 0.4) is 0 Å². The standard InChI is InChI=1S/C20H29N3O/c24-20(16-6-2-1-3-7-16)21-13-19-12-17-8-11-23(19)15-18(17)14-22-9-4-5-10-22/h1-3,6-7,17-19H,4-5,8-15H2,(H,21,24)/t17-,18-,19+/m0/s1. The highest BCUT2D eigenvalue weighted by molar-refractivity contribution is 5.94. The molecule has 4 aliphatic rings. The van der Waals surface area contributed by atoms with E-state index in [4.69, 9.17) is 0 Å². The lowest BCUT2D eigenvalue weighted by Crippen LogP contribution is -2.58. The number of hydrogen-bond acceptors (Lipinski definition) is 3. The monoisotopic (exact) mass is 327 g/mol. The Kier molecular flexibility index (Phi) is 4.86. The van der Waals surface area contributed by atoms with Crippen LogP contribution >= 0.6 is 0 Å². The largest absolute Gasteiger partial charge is 0.350 e. The van der Waals surface area contributed by atoms with Crippen molar-refractivity contribution < 1.29 is 4.79 Å². The van der Waals surface area contributed by atoms with Crippen molar-refractivity contribution in [1.82, 2.24) is 15.1 Å². The molecule has 4 saturated heterocycles. The summed E-state index contributed by atoms with van der Waals surface area (Å²) < 4.78 is 0. The molecular weight excluding hydrogens is 298 g/mol. The number of fused-ring (bicyclic) bond motifs is 3. The van der Waals surface area contributed by atoms with Crippen molar-refractivity contribution in [3.63, 3.8) is 0 Å². The van der Waals surface area contributed by atoms with E-state index in [0.717, 1.165) is 23.9 Å². The van der Waals surface area contributed by atoms with E-state index in [1.807, 2.05) is 30.3 Å². The van der Waals surface area contributed by atoms with Crippen LogP contribution in [0.4, 0.5) is 0 Å². The number of hydrogen-bond donors (Lipinski definition) is 1. The third kappa shape index (κ3) is 3.50. The normalized spacial score (nSPS) is 32.8. The van der Waals surface area contributed by atoms with Crippen molar-refractivity contribution in [3.05, 3.63) is 35.9 Å². The molecule has 1 N–H and O–H groups in total. The molecule has 4 atom stereocenters. The molecule has 0 saturated carbocycles. The van der Waals surface area contributed by atoms with E-state index in [1.54, 1.807) is 0 Å². The number of carbonyl (C=O) groups excluding carboxylic acids is 1. The Morgan fingerprint density at radius 3 is 2.62 bits per heavy atom. The molecular formula is C20H29N3O. The second kappa shape index (κ2) is 7.24. The Labute approximate surface area is 145 Å². The Hall–Kier alpha value is -1.39. The maximum Gasteiger partial charge on any atom is 0.251 e. The van der Waals surface area contributed by atoms with Gasteiger partial charge in [-0.3, -0.25) is 9.69 Å². The van der Waals surface area contributed by atoms with Crippen LogP contribution in [-0.2, 0) is 0 Å². The molecule has 130 valence electrons. The average molecular weight is 327 g/mol. The molecule has 4 heteroatoms. The molecule has 4 nitrogen and oxygen atoms in total. The molecule has 1 unspecified atom stereocenters. The first-order chi connectivity index (χ1) is 11.8. The quantitative estimate of drug-likeness (QED) is 0.901.